The summed E-state index contributed by atoms with van der Waals surface area (Å²) in [5.74, 6) is 0. The van der Waals surface area contributed by atoms with Crippen LogP contribution in [0, 0.1) is 0 Å². The molecule has 0 unspecified atom stereocenters. The number of hydrogen-bond acceptors (Lipinski definition) is 2. The van der Waals surface area contributed by atoms with E-state index in [1.54, 1.807) is 0 Å². The topological polar surface area (TPSA) is 0 Å². The molecule has 232 valence electrons. The number of benzene rings is 9. The Morgan fingerprint density at radius 1 is 0.300 bits per heavy atom. The van der Waals surface area contributed by atoms with Gasteiger partial charge in [-0.05, 0) is 79.0 Å². The smallest absolute Gasteiger partial charge is 0.0440 e. The van der Waals surface area contributed by atoms with Crippen molar-refractivity contribution < 1.29 is 0 Å². The second kappa shape index (κ2) is 10.9. The highest BCUT2D eigenvalue weighted by Crippen LogP contribution is 2.52. The maximum atomic E-state index is 2.49. The summed E-state index contributed by atoms with van der Waals surface area (Å²) < 4.78 is 5.37. The first-order chi connectivity index (χ1) is 24.8. The van der Waals surface area contributed by atoms with Crippen LogP contribution in [0.3, 0.4) is 0 Å². The molecule has 0 bridgehead atoms. The van der Waals surface area contributed by atoms with E-state index < -0.39 is 0 Å². The molecular formula is C48H28S2. The van der Waals surface area contributed by atoms with Crippen LogP contribution >= 0.6 is 22.7 Å². The molecule has 2 aromatic heterocycles. The molecule has 11 rings (SSSR count). The predicted molar refractivity (Wildman–Crippen MR) is 221 cm³/mol. The first-order valence-corrected chi connectivity index (χ1v) is 18.7. The Labute approximate surface area is 297 Å². The number of thiophene rings is 2. The van der Waals surface area contributed by atoms with Gasteiger partial charge in [0.2, 0.25) is 0 Å². The van der Waals surface area contributed by atoms with E-state index in [0.717, 1.165) is 0 Å². The maximum absolute atomic E-state index is 2.49. The van der Waals surface area contributed by atoms with Crippen molar-refractivity contribution in [3.63, 3.8) is 0 Å². The maximum Gasteiger partial charge on any atom is 0.0440 e. The van der Waals surface area contributed by atoms with E-state index in [0.29, 0.717) is 0 Å². The highest BCUT2D eigenvalue weighted by Gasteiger charge is 2.23. The normalized spacial score (nSPS) is 12.0. The molecule has 0 radical (unpaired) electrons. The molecule has 0 aliphatic rings. The third-order valence-electron chi connectivity index (χ3n) is 10.4. The van der Waals surface area contributed by atoms with Crippen LogP contribution in [0.2, 0.25) is 0 Å². The lowest BCUT2D eigenvalue weighted by atomic mass is 9.83. The quantitative estimate of drug-likeness (QED) is 0.164. The van der Waals surface area contributed by atoms with Crippen molar-refractivity contribution in [2.75, 3.05) is 0 Å². The molecule has 0 spiro atoms. The zero-order chi connectivity index (χ0) is 32.8. The van der Waals surface area contributed by atoms with Gasteiger partial charge in [0, 0.05) is 51.3 Å². The Morgan fingerprint density at radius 3 is 1.46 bits per heavy atom. The van der Waals surface area contributed by atoms with Gasteiger partial charge in [0.05, 0.1) is 0 Å². The molecule has 0 fully saturated rings. The minimum Gasteiger partial charge on any atom is -0.135 e. The Morgan fingerprint density at radius 2 is 0.800 bits per heavy atom. The average Bonchev–Trinajstić information content (AvgIpc) is 3.76. The standard InChI is InChI=1S/C48H28S2/c1-2-14-29(15-3-1)31-16-4-5-17-32(31)44-33-18-6-8-20-35(33)45(36-21-9-7-19-34(36)44)39-28-30-26-27-42-46(37-22-10-12-24-40(37)49-42)43(30)47-38-23-11-13-25-41(38)50-48(39)47/h1-28H. The van der Waals surface area contributed by atoms with Crippen LogP contribution in [0.15, 0.2) is 170 Å². The second-order valence-electron chi connectivity index (χ2n) is 13.1. The molecule has 50 heavy (non-hydrogen) atoms. The fourth-order valence-corrected chi connectivity index (χ4v) is 10.7. The lowest BCUT2D eigenvalue weighted by Gasteiger charge is -2.20. The third-order valence-corrected chi connectivity index (χ3v) is 12.8. The van der Waals surface area contributed by atoms with Gasteiger partial charge in [-0.25, -0.2) is 0 Å². The monoisotopic (exact) mass is 668 g/mol. The minimum atomic E-state index is 1.23. The van der Waals surface area contributed by atoms with E-state index in [1.807, 2.05) is 22.7 Å². The minimum absolute atomic E-state index is 1.23. The van der Waals surface area contributed by atoms with Crippen molar-refractivity contribution in [2.24, 2.45) is 0 Å². The summed E-state index contributed by atoms with van der Waals surface area (Å²) >= 11 is 3.84. The SMILES string of the molecule is c1ccc(-c2ccccc2-c2c3ccccc3c(-c3cc4ccc5sc6ccccc6c5c4c4c3sc3ccccc34)c3ccccc23)cc1. The molecule has 2 heteroatoms. The summed E-state index contributed by atoms with van der Waals surface area (Å²) in [5.41, 5.74) is 7.65. The summed E-state index contributed by atoms with van der Waals surface area (Å²) in [7, 11) is 0. The highest BCUT2D eigenvalue weighted by atomic mass is 32.1. The lowest BCUT2D eigenvalue weighted by molar-refractivity contribution is 1.61. The predicted octanol–water partition coefficient (Wildman–Crippen LogP) is 14.9. The van der Waals surface area contributed by atoms with E-state index in [4.69, 9.17) is 0 Å². The van der Waals surface area contributed by atoms with Gasteiger partial charge in [-0.15, -0.1) is 22.7 Å². The number of hydrogen-bond donors (Lipinski definition) is 0. The van der Waals surface area contributed by atoms with Gasteiger partial charge < -0.3 is 0 Å². The van der Waals surface area contributed by atoms with Gasteiger partial charge in [0.25, 0.3) is 0 Å². The van der Waals surface area contributed by atoms with Crippen LogP contribution in [0.1, 0.15) is 0 Å². The molecule has 2 heterocycles. The molecule has 11 aromatic rings. The van der Waals surface area contributed by atoms with Crippen LogP contribution in [0.4, 0.5) is 0 Å². The Balaban J connectivity index is 1.32. The Kier molecular flexibility index (Phi) is 6.09. The van der Waals surface area contributed by atoms with Gasteiger partial charge in [0.15, 0.2) is 0 Å². The van der Waals surface area contributed by atoms with Crippen molar-refractivity contribution in [1.29, 1.82) is 0 Å². The van der Waals surface area contributed by atoms with Gasteiger partial charge in [-0.2, -0.15) is 0 Å². The molecule has 0 amide bonds. The summed E-state index contributed by atoms with van der Waals surface area (Å²) in [6.07, 6.45) is 0. The largest absolute Gasteiger partial charge is 0.135 e. The summed E-state index contributed by atoms with van der Waals surface area (Å²) in [6.45, 7) is 0. The zero-order valence-corrected chi connectivity index (χ0v) is 28.6. The van der Waals surface area contributed by atoms with Crippen LogP contribution in [-0.4, -0.2) is 0 Å². The van der Waals surface area contributed by atoms with Crippen molar-refractivity contribution in [2.45, 2.75) is 0 Å². The fraction of sp³-hybridized carbons (Fsp3) is 0. The second-order valence-corrected chi connectivity index (χ2v) is 15.3. The lowest BCUT2D eigenvalue weighted by Crippen LogP contribution is -1.93. The van der Waals surface area contributed by atoms with Crippen molar-refractivity contribution in [3.05, 3.63) is 170 Å². The van der Waals surface area contributed by atoms with Crippen molar-refractivity contribution >= 4 is 95.3 Å². The van der Waals surface area contributed by atoms with Crippen molar-refractivity contribution in [1.82, 2.24) is 0 Å². The zero-order valence-electron chi connectivity index (χ0n) is 27.0. The molecule has 0 saturated heterocycles. The van der Waals surface area contributed by atoms with E-state index >= 15 is 0 Å². The number of rotatable bonds is 3. The molecule has 0 aliphatic heterocycles. The molecule has 9 aromatic carbocycles. The summed E-state index contributed by atoms with van der Waals surface area (Å²) in [6, 6.07) is 62.9. The van der Waals surface area contributed by atoms with E-state index in [-0.39, 0.29) is 0 Å². The molecule has 0 N–H and O–H groups in total. The molecule has 0 aliphatic carbocycles. The fourth-order valence-electron chi connectivity index (χ4n) is 8.39. The Hall–Kier alpha value is -5.80. The van der Waals surface area contributed by atoms with Crippen LogP contribution in [-0.2, 0) is 0 Å². The molecular weight excluding hydrogens is 641 g/mol. The van der Waals surface area contributed by atoms with Gasteiger partial charge >= 0.3 is 0 Å². The first-order valence-electron chi connectivity index (χ1n) is 17.1. The van der Waals surface area contributed by atoms with Gasteiger partial charge in [-0.3, -0.25) is 0 Å². The molecule has 0 saturated carbocycles. The third kappa shape index (κ3) is 3.98. The summed E-state index contributed by atoms with van der Waals surface area (Å²) in [4.78, 5) is 0. The first kappa shape index (κ1) is 28.1. The van der Waals surface area contributed by atoms with E-state index in [9.17, 15) is 0 Å². The molecule has 0 nitrogen and oxygen atoms in total. The van der Waals surface area contributed by atoms with Gasteiger partial charge in [-0.1, -0.05) is 146 Å². The van der Waals surface area contributed by atoms with E-state index in [2.05, 4.69) is 170 Å². The molecule has 0 atom stereocenters. The Bertz CT molecular complexity index is 3080. The van der Waals surface area contributed by atoms with Gasteiger partial charge in [0.1, 0.15) is 0 Å². The number of fused-ring (bicyclic) bond motifs is 11. The van der Waals surface area contributed by atoms with Crippen molar-refractivity contribution in [3.8, 4) is 33.4 Å². The van der Waals surface area contributed by atoms with E-state index in [1.165, 1.54) is 106 Å². The average molecular weight is 669 g/mol. The van der Waals surface area contributed by atoms with Crippen LogP contribution in [0.25, 0.3) is 106 Å². The van der Waals surface area contributed by atoms with Crippen LogP contribution in [0.5, 0.6) is 0 Å². The summed E-state index contributed by atoms with van der Waals surface area (Å²) in [5, 5.41) is 13.2. The highest BCUT2D eigenvalue weighted by molar-refractivity contribution is 7.27. The van der Waals surface area contributed by atoms with Crippen LogP contribution < -0.4 is 0 Å².